The molecule has 0 fully saturated rings. The molecule has 0 aliphatic carbocycles. The lowest BCUT2D eigenvalue weighted by Gasteiger charge is -1.69. The molecule has 0 unspecified atom stereocenters. The van der Waals surface area contributed by atoms with E-state index in [-0.39, 0.29) is 0 Å². The van der Waals surface area contributed by atoms with E-state index in [1.807, 2.05) is 371 Å². The summed E-state index contributed by atoms with van der Waals surface area (Å²) in [4.78, 5) is 0. The Morgan fingerprint density at radius 3 is 0.158 bits per heavy atom. The van der Waals surface area contributed by atoms with Crippen LogP contribution in [-0.2, 0) is 14.2 Å². The predicted octanol–water partition coefficient (Wildman–Crippen LogP) is 26.4. The molecule has 3 nitrogen and oxygen atoms in total. The molecule has 3 heteroatoms. The molecule has 6 aromatic rings. The average molecular weight is 1070 g/mol. The van der Waals surface area contributed by atoms with Crippen LogP contribution in [0.5, 0.6) is 0 Å². The zero-order valence-electron chi connectivity index (χ0n) is 58.1. The molecule has 6 aromatic carbocycles. The Balaban J connectivity index is -0.0000000325. The lowest BCUT2D eigenvalue weighted by atomic mass is 10.4. The van der Waals surface area contributed by atoms with Crippen molar-refractivity contribution in [3.8, 4) is 0 Å². The summed E-state index contributed by atoms with van der Waals surface area (Å²) in [5.41, 5.74) is 0. The third kappa shape index (κ3) is 331. The van der Waals surface area contributed by atoms with Crippen LogP contribution in [0, 0.1) is 0 Å². The normalized spacial score (nSPS) is 6.08. The molecular formula is C73H144O3. The molecular weight excluding hydrogens is 925 g/mol. The zero-order chi connectivity index (χ0) is 63.7. The van der Waals surface area contributed by atoms with Gasteiger partial charge in [0.2, 0.25) is 0 Å². The van der Waals surface area contributed by atoms with Gasteiger partial charge in [-0.1, -0.05) is 432 Å². The maximum absolute atomic E-state index is 4.25. The molecule has 0 aromatic heterocycles. The molecule has 0 aliphatic rings. The highest BCUT2D eigenvalue weighted by atomic mass is 16.5. The summed E-state index contributed by atoms with van der Waals surface area (Å²) in [5.74, 6) is 0. The lowest BCUT2D eigenvalue weighted by Crippen LogP contribution is -1.55. The largest absolute Gasteiger partial charge is 0.388 e. The van der Waals surface area contributed by atoms with Crippen molar-refractivity contribution in [1.29, 1.82) is 0 Å². The van der Waals surface area contributed by atoms with Gasteiger partial charge in [-0.05, 0) is 0 Å². The Hall–Kier alpha value is -4.80. The van der Waals surface area contributed by atoms with Crippen molar-refractivity contribution in [2.24, 2.45) is 0 Å². The van der Waals surface area contributed by atoms with Gasteiger partial charge in [-0.2, -0.15) is 0 Å². The predicted molar refractivity (Wildman–Crippen MR) is 370 cm³/mol. The Morgan fingerprint density at radius 1 is 0.132 bits per heavy atom. The molecule has 0 N–H and O–H groups in total. The molecule has 0 aliphatic heterocycles. The first-order chi connectivity index (χ1) is 37.5. The summed E-state index contributed by atoms with van der Waals surface area (Å²) in [6.07, 6.45) is 3.75. The third-order valence-corrected chi connectivity index (χ3v) is 4.00. The van der Waals surface area contributed by atoms with Gasteiger partial charge in [0, 0.05) is 42.7 Å². The van der Waals surface area contributed by atoms with Crippen LogP contribution in [0.25, 0.3) is 0 Å². The molecule has 0 atom stereocenters. The second-order valence-corrected chi connectivity index (χ2v) is 10.3. The maximum Gasteiger partial charge on any atom is 0.0351 e. The Labute approximate surface area is 486 Å². The smallest absolute Gasteiger partial charge is 0.0351 e. The van der Waals surface area contributed by atoms with Crippen LogP contribution >= 0.6 is 0 Å². The first-order valence-electron chi connectivity index (χ1n) is 29.7. The van der Waals surface area contributed by atoms with Crippen molar-refractivity contribution >= 4 is 0 Å². The quantitative estimate of drug-likeness (QED) is 0.152. The third-order valence-electron chi connectivity index (χ3n) is 4.00. The van der Waals surface area contributed by atoms with E-state index in [4.69, 9.17) is 0 Å². The monoisotopic (exact) mass is 1070 g/mol. The minimum absolute atomic E-state index is 1.25. The summed E-state index contributed by atoms with van der Waals surface area (Å²) in [7, 11) is 9.75. The molecule has 0 heterocycles. The molecule has 0 amide bonds. The molecule has 0 spiro atoms. The highest BCUT2D eigenvalue weighted by molar-refractivity contribution is 5.02. The average Bonchev–Trinajstić information content (AvgIpc) is 3.55. The van der Waals surface area contributed by atoms with Crippen molar-refractivity contribution in [3.63, 3.8) is 0 Å². The van der Waals surface area contributed by atoms with Crippen LogP contribution in [0.15, 0.2) is 218 Å². The van der Waals surface area contributed by atoms with E-state index in [2.05, 4.69) is 55.8 Å². The summed E-state index contributed by atoms with van der Waals surface area (Å²) >= 11 is 0. The summed E-state index contributed by atoms with van der Waals surface area (Å²) < 4.78 is 12.8. The van der Waals surface area contributed by atoms with E-state index in [1.54, 1.807) is 42.7 Å². The van der Waals surface area contributed by atoms with Crippen LogP contribution < -0.4 is 0 Å². The van der Waals surface area contributed by atoms with Crippen LogP contribution in [-0.4, -0.2) is 42.7 Å². The molecule has 0 bridgehead atoms. The number of hydrogen-bond acceptors (Lipinski definition) is 3. The minimum atomic E-state index is 1.25. The number of hydrogen-bond donors (Lipinski definition) is 0. The van der Waals surface area contributed by atoms with Gasteiger partial charge in [0.15, 0.2) is 0 Å². The van der Waals surface area contributed by atoms with Gasteiger partial charge in [0.1, 0.15) is 0 Å². The Morgan fingerprint density at radius 2 is 0.145 bits per heavy atom. The maximum atomic E-state index is 4.25. The topological polar surface area (TPSA) is 27.7 Å². The SMILES string of the molecule is CC.CC.CC.CC.CC.CC.CC.CC.CC.CC.CC.CCC.CCC.CCC.COC.COC.COC.c1ccccc1.c1ccccc1.c1ccccc1.c1ccccc1.c1ccccc1.c1ccccc1. The van der Waals surface area contributed by atoms with Crippen molar-refractivity contribution in [2.75, 3.05) is 42.7 Å². The Bertz CT molecular complexity index is 775. The zero-order valence-corrected chi connectivity index (χ0v) is 58.1. The second kappa shape index (κ2) is 243. The second-order valence-electron chi connectivity index (χ2n) is 10.3. The first kappa shape index (κ1) is 119. The fourth-order valence-electron chi connectivity index (χ4n) is 2.31. The fourth-order valence-corrected chi connectivity index (χ4v) is 2.31. The van der Waals surface area contributed by atoms with Gasteiger partial charge in [-0.3, -0.25) is 0 Å². The first-order valence-corrected chi connectivity index (χ1v) is 29.7. The summed E-state index contributed by atoms with van der Waals surface area (Å²) in [6, 6.07) is 72.0. The molecule has 0 radical (unpaired) electrons. The molecule has 0 saturated carbocycles. The van der Waals surface area contributed by atoms with E-state index in [0.717, 1.165) is 0 Å². The number of benzene rings is 6. The molecule has 6 rings (SSSR count). The van der Waals surface area contributed by atoms with Crippen LogP contribution in [0.2, 0.25) is 0 Å². The van der Waals surface area contributed by atoms with E-state index < -0.39 is 0 Å². The summed E-state index contributed by atoms with van der Waals surface area (Å²) in [5, 5.41) is 0. The fraction of sp³-hybridized carbons (Fsp3) is 0.507. The van der Waals surface area contributed by atoms with Gasteiger partial charge < -0.3 is 14.2 Å². The Kier molecular flexibility index (Phi) is 382. The van der Waals surface area contributed by atoms with Gasteiger partial charge in [-0.25, -0.2) is 0 Å². The van der Waals surface area contributed by atoms with Gasteiger partial charge in [0.25, 0.3) is 0 Å². The van der Waals surface area contributed by atoms with Gasteiger partial charge in [-0.15, -0.1) is 0 Å². The van der Waals surface area contributed by atoms with Crippen molar-refractivity contribution in [2.45, 2.75) is 213 Å². The van der Waals surface area contributed by atoms with Crippen LogP contribution in [0.1, 0.15) is 213 Å². The van der Waals surface area contributed by atoms with E-state index in [1.165, 1.54) is 19.3 Å². The number of ether oxygens (including phenoxy) is 3. The van der Waals surface area contributed by atoms with E-state index >= 15 is 0 Å². The molecule has 76 heavy (non-hydrogen) atoms. The highest BCUT2D eigenvalue weighted by Crippen LogP contribution is 1.83. The number of rotatable bonds is 0. The lowest BCUT2D eigenvalue weighted by molar-refractivity contribution is 0.277. The van der Waals surface area contributed by atoms with Crippen molar-refractivity contribution in [3.05, 3.63) is 218 Å². The van der Waals surface area contributed by atoms with Gasteiger partial charge >= 0.3 is 0 Å². The molecule has 454 valence electrons. The van der Waals surface area contributed by atoms with Gasteiger partial charge in [0.05, 0.1) is 0 Å². The number of methoxy groups -OCH3 is 3. The van der Waals surface area contributed by atoms with Crippen molar-refractivity contribution in [1.82, 2.24) is 0 Å². The van der Waals surface area contributed by atoms with Crippen molar-refractivity contribution < 1.29 is 14.2 Å². The van der Waals surface area contributed by atoms with Crippen LogP contribution in [0.3, 0.4) is 0 Å². The highest BCUT2D eigenvalue weighted by Gasteiger charge is 1.61. The molecule has 0 saturated heterocycles. The van der Waals surface area contributed by atoms with Crippen LogP contribution in [0.4, 0.5) is 0 Å². The standard InChI is InChI=1S/6C6H6.3C3H8.3C2H6O.11C2H6/c6*1-2-4-6-5-3-1;6*1-3-2;11*1-2/h6*1-6H;3*3H2,1-2H3;3*1-2H3;11*1-2H3. The minimum Gasteiger partial charge on any atom is -0.388 e. The summed E-state index contributed by atoms with van der Waals surface area (Å²) in [6.45, 7) is 56.8. The van der Waals surface area contributed by atoms with E-state index in [0.29, 0.717) is 0 Å². The van der Waals surface area contributed by atoms with E-state index in [9.17, 15) is 0 Å².